The number of nitrogens with two attached hydrogens (primary N) is 1. The molecule has 0 saturated heterocycles. The monoisotopic (exact) mass is 93.1 g/mol. The number of hydrogen-bond donors (Lipinski definition) is 1. The largest absolute Gasteiger partial charge is 0.382 e. The minimum atomic E-state index is 1.46. The molecule has 0 rings (SSSR count). The molecule has 28 valence electrons. The van der Waals surface area contributed by atoms with Gasteiger partial charge in [-0.2, -0.15) is 0 Å². The third-order valence-electron chi connectivity index (χ3n) is 0.556. The van der Waals surface area contributed by atoms with Crippen LogP contribution in [0.1, 0.15) is 0 Å². The van der Waals surface area contributed by atoms with Crippen molar-refractivity contribution in [3.8, 4) is 0 Å². The Kier molecular flexibility index (Phi) is 7.80. The maximum Gasteiger partial charge on any atom is 0.140 e. The molecule has 1 nitrogen and oxygen atoms in total. The lowest BCUT2D eigenvalue weighted by molar-refractivity contribution is 1.98. The summed E-state index contributed by atoms with van der Waals surface area (Å²) in [5.41, 5.74) is 5.02. The minimum Gasteiger partial charge on any atom is -0.382 e. The van der Waals surface area contributed by atoms with Crippen LogP contribution in [0, 0.1) is 0 Å². The summed E-state index contributed by atoms with van der Waals surface area (Å²) in [6, 6.07) is 0. The average Bonchev–Trinajstić information content (AvgIpc) is 1.81. The van der Waals surface area contributed by atoms with E-state index in [-0.39, 0.29) is 0 Å². The van der Waals surface area contributed by atoms with Gasteiger partial charge in [0.05, 0.1) is 0 Å². The molecule has 0 aliphatic heterocycles. The van der Waals surface area contributed by atoms with Gasteiger partial charge < -0.3 is 5.64 Å². The van der Waals surface area contributed by atoms with Gasteiger partial charge in [-0.1, -0.05) is 0 Å². The van der Waals surface area contributed by atoms with E-state index in [0.717, 1.165) is 0 Å². The van der Waals surface area contributed by atoms with E-state index in [1.165, 1.54) is 14.4 Å². The zero-order valence-electron chi connectivity index (χ0n) is 4.62. The molecule has 0 bridgehead atoms. The Hall–Kier alpha value is 0.415. The van der Waals surface area contributed by atoms with Gasteiger partial charge in [-0.05, 0) is 0 Å². The van der Waals surface area contributed by atoms with Gasteiger partial charge in [-0.3, -0.25) is 0 Å². The van der Waals surface area contributed by atoms with E-state index in [1.54, 1.807) is 28.2 Å². The summed E-state index contributed by atoms with van der Waals surface area (Å²) in [4.78, 5) is 0. The molecule has 8 heteroatoms. The van der Waals surface area contributed by atoms with E-state index in [2.05, 4.69) is 0 Å². The van der Waals surface area contributed by atoms with Crippen LogP contribution in [0.15, 0.2) is 0 Å². The van der Waals surface area contributed by atoms with Crippen molar-refractivity contribution in [2.75, 3.05) is 0 Å². The molecule has 2 N–H and O–H groups in total. The Morgan fingerprint density at radius 3 is 2.12 bits per heavy atom. The standard InChI is InChI=1S/B7H2N/c1-2-3-4-5-6-7-8/h8H2. The fourth-order valence-electron chi connectivity index (χ4n) is 0.257. The molecule has 8 heavy (non-hydrogen) atoms. The van der Waals surface area contributed by atoms with Crippen molar-refractivity contribution >= 4 is 50.3 Å². The van der Waals surface area contributed by atoms with Crippen LogP contribution in [0.2, 0.25) is 0 Å². The zero-order chi connectivity index (χ0) is 6.24. The summed E-state index contributed by atoms with van der Waals surface area (Å²) in [5.74, 6) is 0. The maximum atomic E-state index is 5.02. The van der Waals surface area contributed by atoms with E-state index in [1.807, 2.05) is 0 Å². The van der Waals surface area contributed by atoms with Crippen LogP contribution in [0.25, 0.3) is 0 Å². The SMILES string of the molecule is [B][B][B][B][B][B][B]N. The number of rotatable bonds is 5. The molecule has 0 fully saturated rings. The highest BCUT2D eigenvalue weighted by Gasteiger charge is 1.90. The lowest BCUT2D eigenvalue weighted by atomic mass is 8.96. The van der Waals surface area contributed by atoms with E-state index < -0.39 is 0 Å². The first-order valence-corrected chi connectivity index (χ1v) is 2.33. The van der Waals surface area contributed by atoms with E-state index in [0.29, 0.717) is 0 Å². The summed E-state index contributed by atoms with van der Waals surface area (Å²) in [6.45, 7) is 0. The summed E-state index contributed by atoms with van der Waals surface area (Å²) in [6.07, 6.45) is 0. The van der Waals surface area contributed by atoms with Gasteiger partial charge in [0.2, 0.25) is 0 Å². The van der Waals surface area contributed by atoms with Gasteiger partial charge >= 0.3 is 0 Å². The van der Waals surface area contributed by atoms with Gasteiger partial charge in [-0.25, -0.2) is 0 Å². The van der Waals surface area contributed by atoms with Crippen LogP contribution in [-0.2, 0) is 0 Å². The second-order valence-electron chi connectivity index (χ2n) is 1.15. The van der Waals surface area contributed by atoms with Gasteiger partial charge in [0, 0.05) is 43.0 Å². The Balaban J connectivity index is 2.53. The second-order valence-corrected chi connectivity index (χ2v) is 1.15. The maximum absolute atomic E-state index is 5.02. The summed E-state index contributed by atoms with van der Waals surface area (Å²) in [7, 11) is 15.0. The van der Waals surface area contributed by atoms with Crippen molar-refractivity contribution in [2.24, 2.45) is 5.64 Å². The lowest BCUT2D eigenvalue weighted by Crippen LogP contribution is -2.29. The molecular formula is H2B7N. The van der Waals surface area contributed by atoms with Crippen molar-refractivity contribution in [3.05, 3.63) is 0 Å². The molecule has 0 unspecified atom stereocenters. The molecule has 0 aromatic rings. The molecule has 0 aliphatic carbocycles. The van der Waals surface area contributed by atoms with Crippen molar-refractivity contribution in [1.82, 2.24) is 0 Å². The third-order valence-corrected chi connectivity index (χ3v) is 0.556. The Morgan fingerprint density at radius 2 is 1.62 bits per heavy atom. The van der Waals surface area contributed by atoms with Crippen molar-refractivity contribution in [1.29, 1.82) is 0 Å². The molecule has 0 aromatic heterocycles. The zero-order valence-corrected chi connectivity index (χ0v) is 4.62. The first-order chi connectivity index (χ1) is 3.91. The second kappa shape index (κ2) is 7.41. The quantitative estimate of drug-likeness (QED) is 0.279. The molecule has 0 amide bonds. The smallest absolute Gasteiger partial charge is 0.140 e. The number of hydrogen-bond acceptors (Lipinski definition) is 1. The molecule has 0 spiro atoms. The van der Waals surface area contributed by atoms with Crippen LogP contribution in [0.4, 0.5) is 0 Å². The first kappa shape index (κ1) is 8.41. The van der Waals surface area contributed by atoms with Gasteiger partial charge in [0.1, 0.15) is 7.31 Å². The van der Waals surface area contributed by atoms with Crippen LogP contribution in [0.3, 0.4) is 0 Å². The molecule has 0 aliphatic rings. The van der Waals surface area contributed by atoms with Crippen molar-refractivity contribution in [3.63, 3.8) is 0 Å². The summed E-state index contributed by atoms with van der Waals surface area (Å²) in [5, 5.41) is 0. The minimum absolute atomic E-state index is 1.46. The van der Waals surface area contributed by atoms with Crippen LogP contribution >= 0.6 is 0 Å². The molecule has 0 heterocycles. The topological polar surface area (TPSA) is 26.0 Å². The Bertz CT molecular complexity index is 29.4. The van der Waals surface area contributed by atoms with Gasteiger partial charge in [-0.15, -0.1) is 0 Å². The molecule has 0 aromatic carbocycles. The normalized spacial score (nSPS) is 6.62. The highest BCUT2D eigenvalue weighted by Crippen LogP contribution is 1.49. The molecule has 0 atom stereocenters. The van der Waals surface area contributed by atoms with Crippen LogP contribution in [0.5, 0.6) is 0 Å². The fraction of sp³-hybridized carbons (Fsp3) is 0. The van der Waals surface area contributed by atoms with E-state index in [9.17, 15) is 0 Å². The van der Waals surface area contributed by atoms with Crippen LogP contribution in [-0.4, -0.2) is 50.3 Å². The van der Waals surface area contributed by atoms with Crippen molar-refractivity contribution in [2.45, 2.75) is 0 Å². The fourth-order valence-corrected chi connectivity index (χ4v) is 0.257. The van der Waals surface area contributed by atoms with E-state index in [4.69, 9.17) is 13.4 Å². The summed E-state index contributed by atoms with van der Waals surface area (Å²) < 4.78 is 0. The van der Waals surface area contributed by atoms with Crippen LogP contribution < -0.4 is 5.64 Å². The molecular weight excluding hydrogens is 89.7 g/mol. The highest BCUT2D eigenvalue weighted by molar-refractivity contribution is 7.61. The van der Waals surface area contributed by atoms with Crippen molar-refractivity contribution < 1.29 is 0 Å². The van der Waals surface area contributed by atoms with Gasteiger partial charge in [0.25, 0.3) is 0 Å². The Labute approximate surface area is 56.7 Å². The summed E-state index contributed by atoms with van der Waals surface area (Å²) >= 11 is 0. The average molecular weight is 91.7 g/mol. The first-order valence-electron chi connectivity index (χ1n) is 2.33. The third kappa shape index (κ3) is 6.41. The molecule has 0 saturated carbocycles. The Morgan fingerprint density at radius 1 is 1.00 bits per heavy atom. The predicted molar refractivity (Wildman–Crippen MR) is 44.5 cm³/mol. The van der Waals surface area contributed by atoms with E-state index >= 15 is 0 Å². The lowest BCUT2D eigenvalue weighted by Gasteiger charge is -1.87. The highest BCUT2D eigenvalue weighted by atomic mass is 14.3. The molecule has 8 radical (unpaired) electrons. The predicted octanol–water partition coefficient (Wildman–Crippen LogP) is -3.26. The van der Waals surface area contributed by atoms with Gasteiger partial charge in [0.15, 0.2) is 0 Å².